The number of ether oxygens (including phenoxy) is 1. The fourth-order valence-electron chi connectivity index (χ4n) is 2.35. The highest BCUT2D eigenvalue weighted by Gasteiger charge is 2.31. The molecule has 0 atom stereocenters. The number of halogens is 1. The van der Waals surface area contributed by atoms with Gasteiger partial charge < -0.3 is 10.1 Å². The quantitative estimate of drug-likeness (QED) is 0.541. The lowest BCUT2D eigenvalue weighted by atomic mass is 10.2. The number of carbonyl (C=O) groups excluding carboxylic acids is 1. The monoisotopic (exact) mass is 404 g/mol. The van der Waals surface area contributed by atoms with Gasteiger partial charge in [0.15, 0.2) is 0 Å². The molecule has 1 fully saturated rings. The third-order valence-electron chi connectivity index (χ3n) is 3.65. The van der Waals surface area contributed by atoms with Crippen LogP contribution in [0.5, 0.6) is 5.75 Å². The van der Waals surface area contributed by atoms with Gasteiger partial charge in [-0.05, 0) is 55.0 Å². The van der Waals surface area contributed by atoms with E-state index in [0.717, 1.165) is 17.0 Å². The average Bonchev–Trinajstić information content (AvgIpc) is 2.90. The average molecular weight is 405 g/mol. The first-order valence-corrected chi connectivity index (χ1v) is 9.65. The SMILES string of the molecule is CCOc1ccc(/C=C2\SC(=S)N(CNc3ccc(Cl)cc3)C2=O)cc1. The molecule has 1 N–H and O–H groups in total. The van der Waals surface area contributed by atoms with Crippen molar-refractivity contribution in [2.24, 2.45) is 0 Å². The number of nitrogens with zero attached hydrogens (tertiary/aromatic N) is 1. The fraction of sp³-hybridized carbons (Fsp3) is 0.158. The number of hydrogen-bond donors (Lipinski definition) is 1. The molecule has 0 radical (unpaired) electrons. The molecule has 0 aliphatic carbocycles. The Hall–Kier alpha value is -2.02. The summed E-state index contributed by atoms with van der Waals surface area (Å²) in [5, 5.41) is 3.85. The van der Waals surface area contributed by atoms with Crippen molar-refractivity contribution in [3.63, 3.8) is 0 Å². The van der Waals surface area contributed by atoms with Crippen molar-refractivity contribution in [2.45, 2.75) is 6.92 Å². The van der Waals surface area contributed by atoms with Gasteiger partial charge in [-0.1, -0.05) is 47.7 Å². The molecule has 0 unspecified atom stereocenters. The third-order valence-corrected chi connectivity index (χ3v) is 5.28. The standard InChI is InChI=1S/C19H17ClN2O2S2/c1-2-24-16-9-3-13(4-10-16)11-17-18(23)22(19(25)26-17)12-21-15-7-5-14(20)6-8-15/h3-11,21H,2,12H2,1H3/b17-11-. The predicted molar refractivity (Wildman–Crippen MR) is 113 cm³/mol. The molecule has 1 aliphatic rings. The zero-order valence-electron chi connectivity index (χ0n) is 14.1. The highest BCUT2D eigenvalue weighted by Crippen LogP contribution is 2.32. The predicted octanol–water partition coefficient (Wildman–Crippen LogP) is 5.01. The molecule has 0 aromatic heterocycles. The molecular weight excluding hydrogens is 388 g/mol. The zero-order valence-corrected chi connectivity index (χ0v) is 16.5. The molecule has 0 bridgehead atoms. The van der Waals surface area contributed by atoms with Crippen molar-refractivity contribution >= 4 is 57.6 Å². The lowest BCUT2D eigenvalue weighted by molar-refractivity contribution is -0.121. The molecule has 1 aliphatic heterocycles. The summed E-state index contributed by atoms with van der Waals surface area (Å²) >= 11 is 12.5. The first-order valence-electron chi connectivity index (χ1n) is 8.04. The molecule has 1 heterocycles. The summed E-state index contributed by atoms with van der Waals surface area (Å²) in [7, 11) is 0. The molecule has 7 heteroatoms. The summed E-state index contributed by atoms with van der Waals surface area (Å²) in [6.07, 6.45) is 1.84. The van der Waals surface area contributed by atoms with Crippen LogP contribution in [0.2, 0.25) is 5.02 Å². The lowest BCUT2D eigenvalue weighted by Gasteiger charge is -2.16. The van der Waals surface area contributed by atoms with Gasteiger partial charge in [0, 0.05) is 10.7 Å². The number of nitrogens with one attached hydrogen (secondary N) is 1. The fourth-order valence-corrected chi connectivity index (χ4v) is 3.73. The van der Waals surface area contributed by atoms with Gasteiger partial charge in [-0.2, -0.15) is 0 Å². The van der Waals surface area contributed by atoms with E-state index in [0.29, 0.717) is 27.5 Å². The molecule has 4 nitrogen and oxygen atoms in total. The van der Waals surface area contributed by atoms with Crippen LogP contribution in [0.4, 0.5) is 5.69 Å². The molecular formula is C19H17ClN2O2S2. The van der Waals surface area contributed by atoms with Crippen LogP contribution in [0.15, 0.2) is 53.4 Å². The van der Waals surface area contributed by atoms with Gasteiger partial charge in [0.2, 0.25) is 0 Å². The molecule has 0 saturated carbocycles. The number of rotatable bonds is 6. The highest BCUT2D eigenvalue weighted by atomic mass is 35.5. The van der Waals surface area contributed by atoms with E-state index < -0.39 is 0 Å². The Morgan fingerprint density at radius 1 is 1.19 bits per heavy atom. The van der Waals surface area contributed by atoms with E-state index >= 15 is 0 Å². The van der Waals surface area contributed by atoms with E-state index in [1.807, 2.05) is 49.4 Å². The van der Waals surface area contributed by atoms with Crippen LogP contribution in [-0.2, 0) is 4.79 Å². The van der Waals surface area contributed by atoms with Gasteiger partial charge in [-0.3, -0.25) is 9.69 Å². The van der Waals surface area contributed by atoms with Gasteiger partial charge in [0.25, 0.3) is 5.91 Å². The highest BCUT2D eigenvalue weighted by molar-refractivity contribution is 8.26. The smallest absolute Gasteiger partial charge is 0.267 e. The first kappa shape index (κ1) is 18.8. The molecule has 1 amide bonds. The minimum Gasteiger partial charge on any atom is -0.494 e. The molecule has 2 aromatic carbocycles. The van der Waals surface area contributed by atoms with Crippen molar-refractivity contribution in [1.29, 1.82) is 0 Å². The van der Waals surface area contributed by atoms with Crippen LogP contribution in [0.3, 0.4) is 0 Å². The Kier molecular flexibility index (Phi) is 6.19. The Morgan fingerprint density at radius 2 is 1.88 bits per heavy atom. The Bertz CT molecular complexity index is 836. The number of benzene rings is 2. The maximum Gasteiger partial charge on any atom is 0.267 e. The normalized spacial score (nSPS) is 15.6. The summed E-state index contributed by atoms with van der Waals surface area (Å²) in [4.78, 5) is 14.8. The van der Waals surface area contributed by atoms with E-state index in [2.05, 4.69) is 5.32 Å². The third kappa shape index (κ3) is 4.58. The van der Waals surface area contributed by atoms with Crippen LogP contribution in [-0.4, -0.2) is 28.4 Å². The minimum absolute atomic E-state index is 0.102. The van der Waals surface area contributed by atoms with Crippen LogP contribution in [0, 0.1) is 0 Å². The summed E-state index contributed by atoms with van der Waals surface area (Å²) in [5.74, 6) is 0.708. The molecule has 26 heavy (non-hydrogen) atoms. The zero-order chi connectivity index (χ0) is 18.5. The van der Waals surface area contributed by atoms with E-state index in [1.54, 1.807) is 17.0 Å². The number of anilines is 1. The van der Waals surface area contributed by atoms with Gasteiger partial charge >= 0.3 is 0 Å². The van der Waals surface area contributed by atoms with E-state index in [4.69, 9.17) is 28.6 Å². The second-order valence-corrected chi connectivity index (χ2v) is 7.57. The number of hydrogen-bond acceptors (Lipinski definition) is 5. The maximum atomic E-state index is 12.6. The summed E-state index contributed by atoms with van der Waals surface area (Å²) < 4.78 is 5.96. The summed E-state index contributed by atoms with van der Waals surface area (Å²) in [6.45, 7) is 2.88. The Morgan fingerprint density at radius 3 is 2.54 bits per heavy atom. The van der Waals surface area contributed by atoms with Gasteiger partial charge in [-0.25, -0.2) is 0 Å². The molecule has 134 valence electrons. The van der Waals surface area contributed by atoms with Crippen molar-refractivity contribution < 1.29 is 9.53 Å². The topological polar surface area (TPSA) is 41.6 Å². The van der Waals surface area contributed by atoms with E-state index in [-0.39, 0.29) is 5.91 Å². The largest absolute Gasteiger partial charge is 0.494 e. The van der Waals surface area contributed by atoms with E-state index in [1.165, 1.54) is 11.8 Å². The number of amides is 1. The van der Waals surface area contributed by atoms with Crippen LogP contribution in [0.1, 0.15) is 12.5 Å². The second kappa shape index (κ2) is 8.58. The van der Waals surface area contributed by atoms with Crippen LogP contribution in [0.25, 0.3) is 6.08 Å². The van der Waals surface area contributed by atoms with Crippen molar-refractivity contribution in [1.82, 2.24) is 4.90 Å². The van der Waals surface area contributed by atoms with Gasteiger partial charge in [-0.15, -0.1) is 0 Å². The number of thioether (sulfide) groups is 1. The van der Waals surface area contributed by atoms with Crippen molar-refractivity contribution in [3.8, 4) is 5.75 Å². The summed E-state index contributed by atoms with van der Waals surface area (Å²) in [6, 6.07) is 14.9. The lowest BCUT2D eigenvalue weighted by Crippen LogP contribution is -2.33. The van der Waals surface area contributed by atoms with Gasteiger partial charge in [0.05, 0.1) is 18.2 Å². The van der Waals surface area contributed by atoms with Gasteiger partial charge in [0.1, 0.15) is 10.1 Å². The second-order valence-electron chi connectivity index (χ2n) is 5.45. The Labute approximate surface area is 167 Å². The minimum atomic E-state index is -0.102. The van der Waals surface area contributed by atoms with Crippen molar-refractivity contribution in [3.05, 3.63) is 64.0 Å². The van der Waals surface area contributed by atoms with Crippen molar-refractivity contribution in [2.75, 3.05) is 18.6 Å². The Balaban J connectivity index is 1.66. The molecule has 2 aromatic rings. The molecule has 0 spiro atoms. The number of carbonyl (C=O) groups is 1. The molecule has 1 saturated heterocycles. The maximum absolute atomic E-state index is 12.6. The molecule has 3 rings (SSSR count). The first-order chi connectivity index (χ1) is 12.6. The van der Waals surface area contributed by atoms with E-state index in [9.17, 15) is 4.79 Å². The summed E-state index contributed by atoms with van der Waals surface area (Å²) in [5.41, 5.74) is 1.80. The van der Waals surface area contributed by atoms with Crippen LogP contribution >= 0.6 is 35.6 Å². The van der Waals surface area contributed by atoms with Crippen LogP contribution < -0.4 is 10.1 Å². The number of thiocarbonyl (C=S) groups is 1.